The Balaban J connectivity index is 2.55. The molecule has 142 valence electrons. The second kappa shape index (κ2) is 10.4. The highest BCUT2D eigenvalue weighted by atomic mass is 32.2. The zero-order valence-corrected chi connectivity index (χ0v) is 16.1. The van der Waals surface area contributed by atoms with Crippen LogP contribution in [0.25, 0.3) is 0 Å². The summed E-state index contributed by atoms with van der Waals surface area (Å²) in [5, 5.41) is 0. The van der Waals surface area contributed by atoms with Gasteiger partial charge in [-0.15, -0.1) is 0 Å². The van der Waals surface area contributed by atoms with Crippen LogP contribution in [0.3, 0.4) is 0 Å². The number of esters is 1. The van der Waals surface area contributed by atoms with Gasteiger partial charge in [0.1, 0.15) is 5.76 Å². The lowest BCUT2D eigenvalue weighted by Gasteiger charge is -2.27. The van der Waals surface area contributed by atoms with E-state index in [1.807, 2.05) is 13.8 Å². The summed E-state index contributed by atoms with van der Waals surface area (Å²) in [6.45, 7) is 7.91. The van der Waals surface area contributed by atoms with E-state index in [0.29, 0.717) is 38.0 Å². The van der Waals surface area contributed by atoms with Gasteiger partial charge in [0.25, 0.3) is 0 Å². The topological polar surface area (TPSA) is 81.7 Å². The van der Waals surface area contributed by atoms with Crippen molar-refractivity contribution in [3.63, 3.8) is 0 Å². The maximum Gasteiger partial charge on any atom is 0.308 e. The van der Waals surface area contributed by atoms with Gasteiger partial charge in [0.15, 0.2) is 0 Å². The number of carbonyl (C=O) groups excluding carboxylic acids is 1. The van der Waals surface area contributed by atoms with E-state index in [1.54, 1.807) is 18.2 Å². The van der Waals surface area contributed by atoms with Gasteiger partial charge < -0.3 is 9.47 Å². The average Bonchev–Trinajstić information content (AvgIpc) is 2.59. The maximum absolute atomic E-state index is 12.2. The van der Waals surface area contributed by atoms with Crippen LogP contribution in [0.1, 0.15) is 39.5 Å². The van der Waals surface area contributed by atoms with Crippen molar-refractivity contribution in [2.24, 2.45) is 5.92 Å². The molecular formula is C18H29NO5S. The fourth-order valence-electron chi connectivity index (χ4n) is 2.75. The van der Waals surface area contributed by atoms with Crippen molar-refractivity contribution in [3.05, 3.63) is 36.1 Å². The zero-order valence-electron chi connectivity index (χ0n) is 15.3. The summed E-state index contributed by atoms with van der Waals surface area (Å²) in [6.07, 6.45) is 7.47. The molecule has 25 heavy (non-hydrogen) atoms. The number of ether oxygens (including phenoxy) is 2. The van der Waals surface area contributed by atoms with Crippen LogP contribution in [-0.2, 0) is 24.3 Å². The van der Waals surface area contributed by atoms with Crippen LogP contribution in [0.5, 0.6) is 0 Å². The van der Waals surface area contributed by atoms with Gasteiger partial charge in [-0.3, -0.25) is 4.79 Å². The van der Waals surface area contributed by atoms with E-state index in [2.05, 4.69) is 11.3 Å². The monoisotopic (exact) mass is 371 g/mol. The molecule has 1 rings (SSSR count). The third-order valence-electron chi connectivity index (χ3n) is 4.19. The number of hydrogen-bond donors (Lipinski definition) is 1. The van der Waals surface area contributed by atoms with Gasteiger partial charge in [-0.25, -0.2) is 13.1 Å². The number of allylic oxidation sites excluding steroid dienone is 3. The summed E-state index contributed by atoms with van der Waals surface area (Å²) < 4.78 is 37.4. The molecule has 0 radical (unpaired) electrons. The first-order valence-corrected chi connectivity index (χ1v) is 10.2. The number of carbonyl (C=O) groups is 1. The molecule has 1 aliphatic rings. The maximum atomic E-state index is 12.2. The Labute approximate surface area is 151 Å². The molecule has 1 N–H and O–H groups in total. The van der Waals surface area contributed by atoms with Crippen LogP contribution in [0, 0.1) is 5.92 Å². The van der Waals surface area contributed by atoms with E-state index in [0.717, 1.165) is 5.57 Å². The number of nitrogens with one attached hydrogen (secondary N) is 1. The third kappa shape index (κ3) is 7.44. The molecule has 1 fully saturated rings. The van der Waals surface area contributed by atoms with Crippen molar-refractivity contribution in [1.82, 2.24) is 4.72 Å². The van der Waals surface area contributed by atoms with E-state index >= 15 is 0 Å². The lowest BCUT2D eigenvalue weighted by atomic mass is 9.86. The minimum atomic E-state index is -3.42. The highest BCUT2D eigenvalue weighted by molar-refractivity contribution is 7.89. The summed E-state index contributed by atoms with van der Waals surface area (Å²) >= 11 is 0. The number of rotatable bonds is 9. The molecule has 0 heterocycles. The molecule has 0 amide bonds. The Hall–Kier alpha value is -1.60. The first-order valence-electron chi connectivity index (χ1n) is 8.53. The summed E-state index contributed by atoms with van der Waals surface area (Å²) in [5.74, 6) is 0.167. The van der Waals surface area contributed by atoms with Crippen molar-refractivity contribution in [3.8, 4) is 0 Å². The van der Waals surface area contributed by atoms with Gasteiger partial charge in [0.05, 0.1) is 25.4 Å². The average molecular weight is 371 g/mol. The Morgan fingerprint density at radius 2 is 1.92 bits per heavy atom. The van der Waals surface area contributed by atoms with E-state index in [1.165, 1.54) is 7.11 Å². The fourth-order valence-corrected chi connectivity index (χ4v) is 3.94. The van der Waals surface area contributed by atoms with Gasteiger partial charge in [-0.2, -0.15) is 0 Å². The van der Waals surface area contributed by atoms with Crippen molar-refractivity contribution in [2.75, 3.05) is 19.5 Å². The minimum absolute atomic E-state index is 0.119. The second-order valence-electron chi connectivity index (χ2n) is 6.06. The molecule has 7 heteroatoms. The van der Waals surface area contributed by atoms with Gasteiger partial charge in [-0.05, 0) is 51.2 Å². The van der Waals surface area contributed by atoms with Gasteiger partial charge in [0, 0.05) is 6.04 Å². The number of hydrogen-bond acceptors (Lipinski definition) is 5. The molecule has 0 aromatic carbocycles. The lowest BCUT2D eigenvalue weighted by molar-refractivity contribution is -0.146. The zero-order chi connectivity index (χ0) is 18.9. The van der Waals surface area contributed by atoms with Crippen molar-refractivity contribution >= 4 is 16.0 Å². The van der Waals surface area contributed by atoms with Gasteiger partial charge in [-0.1, -0.05) is 18.7 Å². The number of sulfonamides is 1. The first-order chi connectivity index (χ1) is 11.8. The molecule has 0 atom stereocenters. The van der Waals surface area contributed by atoms with Gasteiger partial charge in [0.2, 0.25) is 10.0 Å². The molecule has 0 spiro atoms. The molecule has 1 saturated carbocycles. The quantitative estimate of drug-likeness (QED) is 0.383. The smallest absolute Gasteiger partial charge is 0.308 e. The molecule has 0 aliphatic heterocycles. The van der Waals surface area contributed by atoms with Crippen LogP contribution in [0.2, 0.25) is 0 Å². The van der Waals surface area contributed by atoms with Crippen LogP contribution in [0.4, 0.5) is 0 Å². The van der Waals surface area contributed by atoms with Crippen molar-refractivity contribution in [1.29, 1.82) is 0 Å². The molecule has 1 aliphatic carbocycles. The lowest BCUT2D eigenvalue weighted by Crippen LogP contribution is -2.39. The molecule has 0 aromatic rings. The molecule has 0 unspecified atom stereocenters. The van der Waals surface area contributed by atoms with E-state index in [9.17, 15) is 13.2 Å². The van der Waals surface area contributed by atoms with E-state index in [4.69, 9.17) is 9.47 Å². The van der Waals surface area contributed by atoms with Crippen molar-refractivity contribution in [2.45, 2.75) is 45.6 Å². The molecule has 0 aromatic heterocycles. The van der Waals surface area contributed by atoms with Crippen LogP contribution >= 0.6 is 0 Å². The largest absolute Gasteiger partial charge is 0.494 e. The first kappa shape index (κ1) is 21.4. The summed E-state index contributed by atoms with van der Waals surface area (Å²) in [6, 6.07) is -0.129. The molecule has 0 saturated heterocycles. The fraction of sp³-hybridized carbons (Fsp3) is 0.611. The molecule has 6 nitrogen and oxygen atoms in total. The van der Waals surface area contributed by atoms with Gasteiger partial charge >= 0.3 is 5.97 Å². The highest BCUT2D eigenvalue weighted by Crippen LogP contribution is 2.25. The Morgan fingerprint density at radius 1 is 1.28 bits per heavy atom. The standard InChI is InChI=1S/C18H29NO5S/c1-5-14(3)17(24-6-2)8-7-13-25(21,22)19-16-11-9-15(10-12-16)18(20)23-4/h5,7-8,15-16,19H,1,6,9-13H2,2-4H3/b8-7-,17-14+. The number of methoxy groups -OCH3 is 1. The molecule has 0 bridgehead atoms. The SMILES string of the molecule is C=C/C(C)=C(\C=C/CS(=O)(=O)NC1CCC(C(=O)OC)CC1)OCC. The highest BCUT2D eigenvalue weighted by Gasteiger charge is 2.28. The van der Waals surface area contributed by atoms with E-state index < -0.39 is 10.0 Å². The summed E-state index contributed by atoms with van der Waals surface area (Å²) in [4.78, 5) is 11.5. The second-order valence-corrected chi connectivity index (χ2v) is 7.86. The summed E-state index contributed by atoms with van der Waals surface area (Å²) in [5.41, 5.74) is 0.851. The summed E-state index contributed by atoms with van der Waals surface area (Å²) in [7, 11) is -2.05. The minimum Gasteiger partial charge on any atom is -0.494 e. The van der Waals surface area contributed by atoms with Crippen molar-refractivity contribution < 1.29 is 22.7 Å². The third-order valence-corrected chi connectivity index (χ3v) is 5.51. The van der Waals surface area contributed by atoms with Crippen LogP contribution in [0.15, 0.2) is 36.1 Å². The Bertz CT molecular complexity index is 613. The van der Waals surface area contributed by atoms with E-state index in [-0.39, 0.29) is 23.7 Å². The Morgan fingerprint density at radius 3 is 2.44 bits per heavy atom. The molecular weight excluding hydrogens is 342 g/mol. The predicted molar refractivity (Wildman–Crippen MR) is 98.3 cm³/mol. The normalized spacial score (nSPS) is 22.4. The predicted octanol–water partition coefficient (Wildman–Crippen LogP) is 2.69. The van der Waals surface area contributed by atoms with Crippen LogP contribution < -0.4 is 4.72 Å². The van der Waals surface area contributed by atoms with Crippen LogP contribution in [-0.4, -0.2) is 39.9 Å². The Kier molecular flexibility index (Phi) is 8.92.